The standard InChI is InChI=1S/C19H23N3O3/c1-2-3-11-22-16(8-10-20-22)17(23)13-21-15-7-5-4-6-14(15)19(24)9-12-25-18(19)21/h4-8,10,18,24H,2-3,9,11-13H2,1H3. The van der Waals surface area contributed by atoms with Gasteiger partial charge in [0.2, 0.25) is 0 Å². The van der Waals surface area contributed by atoms with E-state index >= 15 is 0 Å². The number of ether oxygens (including phenoxy) is 1. The molecule has 6 heteroatoms. The predicted octanol–water partition coefficient (Wildman–Crippen LogP) is 2.32. The maximum absolute atomic E-state index is 12.9. The minimum atomic E-state index is -1.03. The lowest BCUT2D eigenvalue weighted by Crippen LogP contribution is -2.44. The van der Waals surface area contributed by atoms with Gasteiger partial charge in [0.1, 0.15) is 11.3 Å². The summed E-state index contributed by atoms with van der Waals surface area (Å²) in [6.07, 6.45) is 3.76. The van der Waals surface area contributed by atoms with E-state index in [1.807, 2.05) is 29.2 Å². The van der Waals surface area contributed by atoms with Crippen molar-refractivity contribution in [1.29, 1.82) is 0 Å². The lowest BCUT2D eigenvalue weighted by Gasteiger charge is -2.28. The number of para-hydroxylation sites is 1. The number of aromatic nitrogens is 2. The normalized spacial score (nSPS) is 24.4. The molecule has 2 aliphatic heterocycles. The van der Waals surface area contributed by atoms with Crippen LogP contribution < -0.4 is 4.90 Å². The first-order chi connectivity index (χ1) is 12.1. The number of aryl methyl sites for hydroxylation is 1. The lowest BCUT2D eigenvalue weighted by molar-refractivity contribution is -0.0300. The molecule has 2 unspecified atom stereocenters. The summed E-state index contributed by atoms with van der Waals surface area (Å²) >= 11 is 0. The number of aliphatic hydroxyl groups is 1. The molecule has 6 nitrogen and oxygen atoms in total. The Bertz CT molecular complexity index is 788. The second kappa shape index (κ2) is 6.28. The Morgan fingerprint density at radius 3 is 3.08 bits per heavy atom. The number of nitrogens with zero attached hydrogens (tertiary/aromatic N) is 3. The maximum Gasteiger partial charge on any atom is 0.200 e. The van der Waals surface area contributed by atoms with Crippen molar-refractivity contribution in [2.24, 2.45) is 0 Å². The largest absolute Gasteiger partial charge is 0.380 e. The second-order valence-electron chi connectivity index (χ2n) is 6.76. The Labute approximate surface area is 147 Å². The van der Waals surface area contributed by atoms with Crippen molar-refractivity contribution >= 4 is 11.5 Å². The molecule has 1 N–H and O–H groups in total. The third-order valence-electron chi connectivity index (χ3n) is 5.17. The van der Waals surface area contributed by atoms with Crippen molar-refractivity contribution in [3.8, 4) is 0 Å². The molecule has 0 spiro atoms. The van der Waals surface area contributed by atoms with Crippen LogP contribution in [0.4, 0.5) is 5.69 Å². The fourth-order valence-corrected chi connectivity index (χ4v) is 3.88. The molecule has 3 heterocycles. The van der Waals surface area contributed by atoms with Crippen molar-refractivity contribution in [2.45, 2.75) is 44.6 Å². The Balaban J connectivity index is 1.61. The van der Waals surface area contributed by atoms with Crippen molar-refractivity contribution < 1.29 is 14.6 Å². The van der Waals surface area contributed by atoms with Gasteiger partial charge in [0.25, 0.3) is 0 Å². The zero-order valence-electron chi connectivity index (χ0n) is 14.4. The maximum atomic E-state index is 12.9. The minimum absolute atomic E-state index is 0.0110. The van der Waals surface area contributed by atoms with Crippen LogP contribution in [0, 0.1) is 0 Å². The van der Waals surface area contributed by atoms with E-state index in [4.69, 9.17) is 4.74 Å². The second-order valence-corrected chi connectivity index (χ2v) is 6.76. The van der Waals surface area contributed by atoms with E-state index in [1.54, 1.807) is 16.9 Å². The SMILES string of the molecule is CCCCn1nccc1C(=O)CN1c2ccccc2C2(O)CCOC12. The molecule has 0 amide bonds. The summed E-state index contributed by atoms with van der Waals surface area (Å²) in [7, 11) is 0. The van der Waals surface area contributed by atoms with Gasteiger partial charge in [-0.05, 0) is 18.6 Å². The average Bonchev–Trinajstić information content (AvgIpc) is 3.29. The first-order valence-corrected chi connectivity index (χ1v) is 8.90. The van der Waals surface area contributed by atoms with Gasteiger partial charge in [-0.2, -0.15) is 5.10 Å². The third kappa shape index (κ3) is 2.56. The van der Waals surface area contributed by atoms with Crippen molar-refractivity contribution in [3.05, 3.63) is 47.8 Å². The summed E-state index contributed by atoms with van der Waals surface area (Å²) in [6, 6.07) is 9.47. The molecule has 25 heavy (non-hydrogen) atoms. The van der Waals surface area contributed by atoms with E-state index in [2.05, 4.69) is 12.0 Å². The highest BCUT2D eigenvalue weighted by atomic mass is 16.5. The van der Waals surface area contributed by atoms with E-state index in [-0.39, 0.29) is 12.3 Å². The molecule has 4 rings (SSSR count). The van der Waals surface area contributed by atoms with Crippen LogP contribution in [-0.2, 0) is 16.9 Å². The number of rotatable bonds is 6. The van der Waals surface area contributed by atoms with Crippen molar-refractivity contribution in [2.75, 3.05) is 18.1 Å². The van der Waals surface area contributed by atoms with Crippen LogP contribution in [0.2, 0.25) is 0 Å². The summed E-state index contributed by atoms with van der Waals surface area (Å²) in [4.78, 5) is 14.8. The Morgan fingerprint density at radius 1 is 1.40 bits per heavy atom. The van der Waals surface area contributed by atoms with E-state index in [0.717, 1.165) is 30.6 Å². The molecule has 2 atom stereocenters. The fourth-order valence-electron chi connectivity index (χ4n) is 3.88. The lowest BCUT2D eigenvalue weighted by atomic mass is 9.93. The molecule has 1 fully saturated rings. The van der Waals surface area contributed by atoms with E-state index in [0.29, 0.717) is 18.7 Å². The van der Waals surface area contributed by atoms with Crippen molar-refractivity contribution in [1.82, 2.24) is 9.78 Å². The number of benzene rings is 1. The Kier molecular flexibility index (Phi) is 4.09. The van der Waals surface area contributed by atoms with Gasteiger partial charge >= 0.3 is 0 Å². The zero-order chi connectivity index (χ0) is 17.4. The first kappa shape index (κ1) is 16.3. The average molecular weight is 341 g/mol. The smallest absolute Gasteiger partial charge is 0.200 e. The van der Waals surface area contributed by atoms with Gasteiger partial charge in [0, 0.05) is 30.4 Å². The Morgan fingerprint density at radius 2 is 2.24 bits per heavy atom. The van der Waals surface area contributed by atoms with Gasteiger partial charge in [0.15, 0.2) is 12.0 Å². The highest BCUT2D eigenvalue weighted by molar-refractivity contribution is 5.98. The summed E-state index contributed by atoms with van der Waals surface area (Å²) < 4.78 is 7.56. The van der Waals surface area contributed by atoms with Crippen LogP contribution in [0.5, 0.6) is 0 Å². The number of Topliss-reactive ketones (excluding diaryl/α,β-unsaturated/α-hetero) is 1. The molecule has 0 aliphatic carbocycles. The minimum Gasteiger partial charge on any atom is -0.380 e. The van der Waals surface area contributed by atoms with Gasteiger partial charge in [-0.25, -0.2) is 0 Å². The number of fused-ring (bicyclic) bond motifs is 3. The van der Waals surface area contributed by atoms with Gasteiger partial charge in [-0.15, -0.1) is 0 Å². The third-order valence-corrected chi connectivity index (χ3v) is 5.17. The van der Waals surface area contributed by atoms with Crippen LogP contribution in [0.25, 0.3) is 0 Å². The predicted molar refractivity (Wildman–Crippen MR) is 93.5 cm³/mol. The highest BCUT2D eigenvalue weighted by Crippen LogP contribution is 2.49. The summed E-state index contributed by atoms with van der Waals surface area (Å²) in [5, 5.41) is 15.3. The van der Waals surface area contributed by atoms with Gasteiger partial charge in [-0.1, -0.05) is 31.5 Å². The van der Waals surface area contributed by atoms with E-state index in [1.165, 1.54) is 0 Å². The quantitative estimate of drug-likeness (QED) is 0.817. The van der Waals surface area contributed by atoms with Gasteiger partial charge in [0.05, 0.1) is 13.2 Å². The Hall–Kier alpha value is -2.18. The number of ketones is 1. The number of carbonyl (C=O) groups is 1. The molecule has 1 aromatic carbocycles. The zero-order valence-corrected chi connectivity index (χ0v) is 14.4. The van der Waals surface area contributed by atoms with Crippen LogP contribution in [0.3, 0.4) is 0 Å². The van der Waals surface area contributed by atoms with E-state index in [9.17, 15) is 9.90 Å². The monoisotopic (exact) mass is 341 g/mol. The summed E-state index contributed by atoms with van der Waals surface area (Å²) in [6.45, 7) is 3.52. The molecule has 1 aromatic heterocycles. The molecule has 132 valence electrons. The number of hydrogen-bond donors (Lipinski definition) is 1. The van der Waals surface area contributed by atoms with Crippen LogP contribution in [-0.4, -0.2) is 40.0 Å². The van der Waals surface area contributed by atoms with Gasteiger partial charge < -0.3 is 14.7 Å². The topological polar surface area (TPSA) is 67.6 Å². The summed E-state index contributed by atoms with van der Waals surface area (Å²) in [5.74, 6) is -0.0110. The molecule has 1 saturated heterocycles. The first-order valence-electron chi connectivity index (χ1n) is 8.90. The molecular formula is C19H23N3O3. The molecule has 0 saturated carbocycles. The molecule has 2 aliphatic rings. The number of anilines is 1. The number of unbranched alkanes of at least 4 members (excludes halogenated alkanes) is 1. The van der Waals surface area contributed by atoms with Crippen LogP contribution in [0.15, 0.2) is 36.5 Å². The highest BCUT2D eigenvalue weighted by Gasteiger charge is 2.54. The van der Waals surface area contributed by atoms with Crippen LogP contribution in [0.1, 0.15) is 42.2 Å². The summed E-state index contributed by atoms with van der Waals surface area (Å²) in [5.41, 5.74) is 1.31. The molecule has 0 radical (unpaired) electrons. The van der Waals surface area contributed by atoms with Crippen molar-refractivity contribution in [3.63, 3.8) is 0 Å². The van der Waals surface area contributed by atoms with Gasteiger partial charge in [-0.3, -0.25) is 9.48 Å². The number of hydrogen-bond acceptors (Lipinski definition) is 5. The molecule has 2 aromatic rings. The van der Waals surface area contributed by atoms with E-state index < -0.39 is 11.8 Å². The number of carbonyl (C=O) groups excluding carboxylic acids is 1. The molecule has 0 bridgehead atoms. The molecular weight excluding hydrogens is 318 g/mol. The fraction of sp³-hybridized carbons (Fsp3) is 0.474. The van der Waals surface area contributed by atoms with Crippen LogP contribution >= 0.6 is 0 Å².